The molecular formula is C25H27Cl2NOS. The van der Waals surface area contributed by atoms with Crippen molar-refractivity contribution in [2.45, 2.75) is 47.7 Å². The van der Waals surface area contributed by atoms with Gasteiger partial charge in [-0.05, 0) is 55.4 Å². The molecule has 5 heteroatoms. The van der Waals surface area contributed by atoms with Crippen LogP contribution in [-0.2, 0) is 11.3 Å². The van der Waals surface area contributed by atoms with Crippen molar-refractivity contribution in [1.29, 1.82) is 0 Å². The van der Waals surface area contributed by atoms with Crippen LogP contribution in [0.5, 0.6) is 0 Å². The quantitative estimate of drug-likeness (QED) is 0.321. The fourth-order valence-electron chi connectivity index (χ4n) is 3.70. The molecule has 0 bridgehead atoms. The summed E-state index contributed by atoms with van der Waals surface area (Å²) in [4.78, 5) is 14.6. The van der Waals surface area contributed by atoms with E-state index in [9.17, 15) is 4.79 Å². The van der Waals surface area contributed by atoms with Gasteiger partial charge in [-0.25, -0.2) is 0 Å². The van der Waals surface area contributed by atoms with Crippen LogP contribution in [0.1, 0.15) is 31.7 Å². The predicted molar refractivity (Wildman–Crippen MR) is 129 cm³/mol. The van der Waals surface area contributed by atoms with Crippen LogP contribution in [0.15, 0.2) is 89.5 Å². The number of thioether (sulfide) groups is 1. The number of hydrogen-bond acceptors (Lipinski definition) is 2. The molecule has 2 aromatic rings. The average Bonchev–Trinajstić information content (AvgIpc) is 2.75. The van der Waals surface area contributed by atoms with Gasteiger partial charge in [-0.1, -0.05) is 83.9 Å². The predicted octanol–water partition coefficient (Wildman–Crippen LogP) is 7.24. The normalized spacial score (nSPS) is 20.3. The van der Waals surface area contributed by atoms with Gasteiger partial charge in [-0.3, -0.25) is 4.79 Å². The van der Waals surface area contributed by atoms with E-state index in [1.54, 1.807) is 4.90 Å². The van der Waals surface area contributed by atoms with E-state index in [0.717, 1.165) is 24.8 Å². The Labute approximate surface area is 193 Å². The summed E-state index contributed by atoms with van der Waals surface area (Å²) in [5.41, 5.74) is 3.52. The zero-order valence-corrected chi connectivity index (χ0v) is 19.5. The molecule has 1 aliphatic carbocycles. The molecule has 2 atom stereocenters. The van der Waals surface area contributed by atoms with Gasteiger partial charge >= 0.3 is 0 Å². The summed E-state index contributed by atoms with van der Waals surface area (Å²) >= 11 is 13.8. The summed E-state index contributed by atoms with van der Waals surface area (Å²) in [7, 11) is 0. The summed E-state index contributed by atoms with van der Waals surface area (Å²) in [6.45, 7) is 6.75. The van der Waals surface area contributed by atoms with Crippen molar-refractivity contribution in [2.24, 2.45) is 5.92 Å². The highest BCUT2D eigenvalue weighted by molar-refractivity contribution is 8.00. The molecule has 0 aromatic heterocycles. The van der Waals surface area contributed by atoms with E-state index in [0.29, 0.717) is 12.5 Å². The largest absolute Gasteiger partial charge is 0.312 e. The Kier molecular flexibility index (Phi) is 8.50. The summed E-state index contributed by atoms with van der Waals surface area (Å²) in [6, 6.07) is 20.3. The van der Waals surface area contributed by atoms with Gasteiger partial charge in [-0.15, -0.1) is 11.8 Å². The zero-order valence-electron chi connectivity index (χ0n) is 17.1. The molecule has 1 amide bonds. The third-order valence-electron chi connectivity index (χ3n) is 5.40. The van der Waals surface area contributed by atoms with E-state index in [1.807, 2.05) is 54.4 Å². The van der Waals surface area contributed by atoms with Crippen molar-refractivity contribution in [3.8, 4) is 0 Å². The van der Waals surface area contributed by atoms with E-state index in [1.165, 1.54) is 16.0 Å². The molecule has 3 rings (SSSR count). The van der Waals surface area contributed by atoms with Crippen LogP contribution < -0.4 is 0 Å². The highest BCUT2D eigenvalue weighted by Crippen LogP contribution is 2.41. The third-order valence-corrected chi connectivity index (χ3v) is 7.10. The number of rotatable bonds is 7. The maximum Gasteiger partial charge on any atom is 0.260 e. The summed E-state index contributed by atoms with van der Waals surface area (Å²) in [6.07, 6.45) is 4.98. The lowest BCUT2D eigenvalue weighted by Crippen LogP contribution is -2.32. The Bertz CT molecular complexity index is 883. The van der Waals surface area contributed by atoms with Crippen LogP contribution in [0, 0.1) is 5.92 Å². The van der Waals surface area contributed by atoms with Crippen molar-refractivity contribution in [3.05, 3.63) is 90.2 Å². The Balaban J connectivity index is 1.89. The maximum absolute atomic E-state index is 12.8. The third kappa shape index (κ3) is 6.41. The molecule has 0 radical (unpaired) electrons. The molecule has 0 N–H and O–H groups in total. The van der Waals surface area contributed by atoms with Gasteiger partial charge in [0, 0.05) is 16.3 Å². The number of nitrogens with zero attached hydrogens (tertiary/aromatic N) is 1. The highest BCUT2D eigenvalue weighted by Gasteiger charge is 2.29. The molecule has 30 heavy (non-hydrogen) atoms. The van der Waals surface area contributed by atoms with E-state index in [4.69, 9.17) is 23.2 Å². The van der Waals surface area contributed by atoms with Gasteiger partial charge in [0.2, 0.25) is 0 Å². The van der Waals surface area contributed by atoms with Gasteiger partial charge in [-0.2, -0.15) is 0 Å². The lowest BCUT2D eigenvalue weighted by Gasteiger charge is -2.33. The summed E-state index contributed by atoms with van der Waals surface area (Å²) in [5, 5.41) is 0.276. The van der Waals surface area contributed by atoms with E-state index < -0.39 is 4.84 Å². The standard InChI is InChI=1S/C25H27Cl2NOS/c1-18(2)20-13-14-21(23(15-20)30-22-11-7-4-8-12-22)17-28(25(29)24(26)27)16-19-9-5-3-6-10-19/h3-12,17,20,23-24H,1,13-16H2,2H3/b21-17+/t20-,23-/m1/s1. The van der Waals surface area contributed by atoms with E-state index >= 15 is 0 Å². The first kappa shape index (κ1) is 23.0. The second kappa shape index (κ2) is 11.1. The molecular weight excluding hydrogens is 433 g/mol. The van der Waals surface area contributed by atoms with Crippen LogP contribution in [0.3, 0.4) is 0 Å². The van der Waals surface area contributed by atoms with Gasteiger partial charge in [0.25, 0.3) is 5.91 Å². The summed E-state index contributed by atoms with van der Waals surface area (Å²) in [5.74, 6) is 0.204. The van der Waals surface area contributed by atoms with Crippen molar-refractivity contribution in [3.63, 3.8) is 0 Å². The fourth-order valence-corrected chi connectivity index (χ4v) is 5.26. The Morgan fingerprint density at radius 2 is 1.80 bits per heavy atom. The number of hydrogen-bond donors (Lipinski definition) is 0. The molecule has 0 aliphatic heterocycles. The molecule has 1 saturated carbocycles. The minimum absolute atomic E-state index is 0.276. The van der Waals surface area contributed by atoms with Gasteiger partial charge in [0.1, 0.15) is 0 Å². The molecule has 2 nitrogen and oxygen atoms in total. The van der Waals surface area contributed by atoms with Gasteiger partial charge < -0.3 is 4.90 Å². The van der Waals surface area contributed by atoms with Crippen molar-refractivity contribution in [1.82, 2.24) is 4.90 Å². The number of benzene rings is 2. The lowest BCUT2D eigenvalue weighted by atomic mass is 9.82. The first-order valence-electron chi connectivity index (χ1n) is 10.1. The maximum atomic E-state index is 12.8. The Morgan fingerprint density at radius 1 is 1.17 bits per heavy atom. The topological polar surface area (TPSA) is 20.3 Å². The highest BCUT2D eigenvalue weighted by atomic mass is 35.5. The molecule has 0 heterocycles. The first-order valence-corrected chi connectivity index (χ1v) is 11.9. The number of allylic oxidation sites excluding steroid dienone is 1. The number of alkyl halides is 2. The fraction of sp³-hybridized carbons (Fsp3) is 0.320. The molecule has 2 aromatic carbocycles. The minimum atomic E-state index is -1.09. The summed E-state index contributed by atoms with van der Waals surface area (Å²) < 4.78 is 0. The van der Waals surface area contributed by atoms with Crippen LogP contribution in [0.2, 0.25) is 0 Å². The van der Waals surface area contributed by atoms with Crippen LogP contribution in [0.25, 0.3) is 0 Å². The van der Waals surface area contributed by atoms with Crippen LogP contribution >= 0.6 is 35.0 Å². The van der Waals surface area contributed by atoms with Gasteiger partial charge in [0.05, 0.1) is 6.54 Å². The second-order valence-electron chi connectivity index (χ2n) is 7.69. The van der Waals surface area contributed by atoms with E-state index in [-0.39, 0.29) is 11.2 Å². The first-order chi connectivity index (χ1) is 14.4. The second-order valence-corrected chi connectivity index (χ2v) is 10.1. The van der Waals surface area contributed by atoms with Gasteiger partial charge in [0.15, 0.2) is 4.84 Å². The molecule has 0 unspecified atom stereocenters. The molecule has 0 spiro atoms. The molecule has 1 aliphatic rings. The Morgan fingerprint density at radius 3 is 2.40 bits per heavy atom. The number of amides is 1. The number of halogens is 2. The zero-order chi connectivity index (χ0) is 21.5. The monoisotopic (exact) mass is 459 g/mol. The SMILES string of the molecule is C=C(C)[C@@H]1CC/C(=C\N(Cc2ccccc2)C(=O)C(Cl)Cl)[C@H](Sc2ccccc2)C1. The van der Waals surface area contributed by atoms with Crippen LogP contribution in [-0.4, -0.2) is 20.9 Å². The van der Waals surface area contributed by atoms with Crippen LogP contribution in [0.4, 0.5) is 0 Å². The van der Waals surface area contributed by atoms with Crippen molar-refractivity contribution < 1.29 is 4.79 Å². The number of carbonyl (C=O) groups is 1. The van der Waals surface area contributed by atoms with E-state index in [2.05, 4.69) is 37.8 Å². The molecule has 0 saturated heterocycles. The Hall–Kier alpha value is -1.68. The smallest absolute Gasteiger partial charge is 0.260 e. The molecule has 158 valence electrons. The molecule has 1 fully saturated rings. The number of carbonyl (C=O) groups excluding carboxylic acids is 1. The average molecular weight is 460 g/mol. The van der Waals surface area contributed by atoms with Crippen molar-refractivity contribution in [2.75, 3.05) is 0 Å². The van der Waals surface area contributed by atoms with Crippen molar-refractivity contribution >= 4 is 40.9 Å². The lowest BCUT2D eigenvalue weighted by molar-refractivity contribution is -0.127. The minimum Gasteiger partial charge on any atom is -0.312 e.